The normalized spacial score (nSPS) is 11.6. The van der Waals surface area contributed by atoms with Crippen molar-refractivity contribution in [3.63, 3.8) is 0 Å². The Kier molecular flexibility index (Phi) is 7.34. The maximum Gasteiger partial charge on any atom is 0.435 e. The summed E-state index contributed by atoms with van der Waals surface area (Å²) < 4.78 is 15.0. The molecule has 4 heterocycles. The van der Waals surface area contributed by atoms with Crippen molar-refractivity contribution in [3.8, 4) is 17.0 Å². The lowest BCUT2D eigenvalue weighted by molar-refractivity contribution is 0.0521. The Morgan fingerprint density at radius 1 is 1.00 bits per heavy atom. The molecule has 10 heteroatoms. The molecule has 9 nitrogen and oxygen atoms in total. The summed E-state index contributed by atoms with van der Waals surface area (Å²) in [4.78, 5) is 22.2. The first-order valence-electron chi connectivity index (χ1n) is 12.6. The Morgan fingerprint density at radius 2 is 1.82 bits per heavy atom. The van der Waals surface area contributed by atoms with Crippen LogP contribution in [0.25, 0.3) is 22.2 Å². The van der Waals surface area contributed by atoms with Crippen molar-refractivity contribution < 1.29 is 14.3 Å². The van der Waals surface area contributed by atoms with Crippen LogP contribution in [0.1, 0.15) is 37.9 Å². The molecule has 0 atom stereocenters. The van der Waals surface area contributed by atoms with Crippen LogP contribution in [0.15, 0.2) is 67.1 Å². The number of fused-ring (bicyclic) bond motifs is 1. The number of nitrogens with zero attached hydrogens (tertiary/aromatic N) is 6. The highest BCUT2D eigenvalue weighted by molar-refractivity contribution is 6.33. The topological polar surface area (TPSA) is 97.0 Å². The molecule has 0 saturated heterocycles. The SMILES string of the molecule is Cn1ccc(Cc2nn(C(=O)OC(C)(C)C)c3c(OCCc4ccccn4)cc(-c4ncccc4Cl)cc23)n1. The molecular formula is C29H29ClN6O3. The molecule has 0 amide bonds. The molecule has 1 aromatic carbocycles. The molecule has 5 rings (SSSR count). The van der Waals surface area contributed by atoms with Crippen LogP contribution in [-0.4, -0.2) is 47.8 Å². The Labute approximate surface area is 231 Å². The van der Waals surface area contributed by atoms with Gasteiger partial charge in [-0.05, 0) is 63.2 Å². The lowest BCUT2D eigenvalue weighted by Crippen LogP contribution is -2.28. The zero-order chi connectivity index (χ0) is 27.6. The zero-order valence-corrected chi connectivity index (χ0v) is 23.0. The van der Waals surface area contributed by atoms with Gasteiger partial charge in [0.1, 0.15) is 16.9 Å². The van der Waals surface area contributed by atoms with Crippen molar-refractivity contribution in [3.05, 3.63) is 89.2 Å². The maximum atomic E-state index is 13.4. The van der Waals surface area contributed by atoms with E-state index in [-0.39, 0.29) is 0 Å². The maximum absolute atomic E-state index is 13.4. The van der Waals surface area contributed by atoms with Gasteiger partial charge in [-0.15, -0.1) is 0 Å². The van der Waals surface area contributed by atoms with Crippen molar-refractivity contribution in [1.82, 2.24) is 29.5 Å². The number of carbonyl (C=O) groups excluding carboxylic acids is 1. The molecule has 0 fully saturated rings. The van der Waals surface area contributed by atoms with Crippen molar-refractivity contribution in [1.29, 1.82) is 0 Å². The van der Waals surface area contributed by atoms with Gasteiger partial charge in [-0.3, -0.25) is 14.6 Å². The summed E-state index contributed by atoms with van der Waals surface area (Å²) in [5, 5.41) is 10.4. The summed E-state index contributed by atoms with van der Waals surface area (Å²) in [7, 11) is 1.86. The van der Waals surface area contributed by atoms with Crippen molar-refractivity contribution in [2.75, 3.05) is 6.61 Å². The number of halogens is 1. The Balaban J connectivity index is 1.66. The second-order valence-electron chi connectivity index (χ2n) is 10.1. The second-order valence-corrected chi connectivity index (χ2v) is 10.5. The molecular weight excluding hydrogens is 516 g/mol. The summed E-state index contributed by atoms with van der Waals surface area (Å²) in [6.07, 6.45) is 5.69. The van der Waals surface area contributed by atoms with Crippen molar-refractivity contribution in [2.45, 2.75) is 39.2 Å². The summed E-state index contributed by atoms with van der Waals surface area (Å²) in [6, 6.07) is 15.0. The van der Waals surface area contributed by atoms with Gasteiger partial charge in [0, 0.05) is 55.1 Å². The Bertz CT molecular complexity index is 1620. The van der Waals surface area contributed by atoms with Crippen LogP contribution < -0.4 is 4.74 Å². The lowest BCUT2D eigenvalue weighted by atomic mass is 10.0. The minimum atomic E-state index is -0.710. The number of ether oxygens (including phenoxy) is 2. The number of aromatic nitrogens is 6. The highest BCUT2D eigenvalue weighted by atomic mass is 35.5. The molecule has 0 bridgehead atoms. The molecule has 200 valence electrons. The first-order chi connectivity index (χ1) is 18.7. The zero-order valence-electron chi connectivity index (χ0n) is 22.3. The first-order valence-corrected chi connectivity index (χ1v) is 13.0. The summed E-state index contributed by atoms with van der Waals surface area (Å²) in [5.74, 6) is 0.464. The van der Waals surface area contributed by atoms with Gasteiger partial charge in [0.25, 0.3) is 0 Å². The predicted octanol–water partition coefficient (Wildman–Crippen LogP) is 5.88. The van der Waals surface area contributed by atoms with Crippen LogP contribution in [0, 0.1) is 0 Å². The van der Waals surface area contributed by atoms with Gasteiger partial charge < -0.3 is 9.47 Å². The van der Waals surface area contributed by atoms with Crippen LogP contribution in [-0.2, 0) is 24.6 Å². The van der Waals surface area contributed by atoms with E-state index in [1.807, 2.05) is 70.4 Å². The summed E-state index contributed by atoms with van der Waals surface area (Å²) in [5.41, 5.74) is 3.50. The number of rotatable bonds is 7. The Hall–Kier alpha value is -4.24. The third-order valence-corrected chi connectivity index (χ3v) is 6.18. The van der Waals surface area contributed by atoms with Crippen molar-refractivity contribution in [2.24, 2.45) is 7.05 Å². The molecule has 0 radical (unpaired) electrons. The van der Waals surface area contributed by atoms with E-state index >= 15 is 0 Å². The van der Waals surface area contributed by atoms with Crippen LogP contribution in [0.4, 0.5) is 4.79 Å². The first kappa shape index (κ1) is 26.4. The summed E-state index contributed by atoms with van der Waals surface area (Å²) in [6.45, 7) is 5.78. The van der Waals surface area contributed by atoms with E-state index in [0.29, 0.717) is 47.1 Å². The van der Waals surface area contributed by atoms with E-state index in [0.717, 1.165) is 22.3 Å². The van der Waals surface area contributed by atoms with Gasteiger partial charge in [0.2, 0.25) is 0 Å². The van der Waals surface area contributed by atoms with Gasteiger partial charge in [-0.25, -0.2) is 4.79 Å². The van der Waals surface area contributed by atoms with E-state index < -0.39 is 11.7 Å². The predicted molar refractivity (Wildman–Crippen MR) is 149 cm³/mol. The third-order valence-electron chi connectivity index (χ3n) is 5.88. The number of benzene rings is 1. The van der Waals surface area contributed by atoms with Gasteiger partial charge in [0.15, 0.2) is 0 Å². The van der Waals surface area contributed by atoms with Gasteiger partial charge in [0.05, 0.1) is 28.7 Å². The van der Waals surface area contributed by atoms with E-state index in [1.54, 1.807) is 29.2 Å². The molecule has 0 saturated carbocycles. The number of hydrogen-bond acceptors (Lipinski definition) is 7. The van der Waals surface area contributed by atoms with Crippen LogP contribution >= 0.6 is 11.6 Å². The van der Waals surface area contributed by atoms with E-state index in [9.17, 15) is 4.79 Å². The molecule has 0 aliphatic carbocycles. The minimum Gasteiger partial charge on any atom is -0.491 e. The molecule has 4 aromatic heterocycles. The second kappa shape index (κ2) is 10.9. The van der Waals surface area contributed by atoms with Gasteiger partial charge in [-0.1, -0.05) is 17.7 Å². The van der Waals surface area contributed by atoms with Crippen molar-refractivity contribution >= 4 is 28.6 Å². The van der Waals surface area contributed by atoms with Gasteiger partial charge in [-0.2, -0.15) is 14.9 Å². The fourth-order valence-corrected chi connectivity index (χ4v) is 4.45. The average Bonchev–Trinajstić information content (AvgIpc) is 3.47. The fourth-order valence-electron chi connectivity index (χ4n) is 4.22. The Morgan fingerprint density at radius 3 is 2.51 bits per heavy atom. The molecule has 0 aliphatic heterocycles. The number of carbonyl (C=O) groups is 1. The van der Waals surface area contributed by atoms with Crippen LogP contribution in [0.2, 0.25) is 5.02 Å². The number of hydrogen-bond donors (Lipinski definition) is 0. The highest BCUT2D eigenvalue weighted by Gasteiger charge is 2.26. The number of aryl methyl sites for hydroxylation is 1. The quantitative estimate of drug-likeness (QED) is 0.252. The van der Waals surface area contributed by atoms with E-state index in [4.69, 9.17) is 26.2 Å². The number of pyridine rings is 2. The average molecular weight is 545 g/mol. The largest absolute Gasteiger partial charge is 0.491 e. The molecule has 0 N–H and O–H groups in total. The lowest BCUT2D eigenvalue weighted by Gasteiger charge is -2.19. The standard InChI is InChI=1S/C29H29ClN6O3/c1-29(2,3)39-28(37)36-27-22(24(34-36)18-21-10-14-35(4)33-21)16-19(26-23(30)9-7-13-32-26)17-25(27)38-15-11-20-8-5-6-12-31-20/h5-10,12-14,16-17H,11,15,18H2,1-4H3. The molecule has 39 heavy (non-hydrogen) atoms. The van der Waals surface area contributed by atoms with Gasteiger partial charge >= 0.3 is 6.09 Å². The van der Waals surface area contributed by atoms with Crippen LogP contribution in [0.5, 0.6) is 5.75 Å². The molecule has 0 unspecified atom stereocenters. The fraction of sp³-hybridized carbons (Fsp3) is 0.276. The monoisotopic (exact) mass is 544 g/mol. The molecule has 0 spiro atoms. The summed E-state index contributed by atoms with van der Waals surface area (Å²) >= 11 is 6.53. The van der Waals surface area contributed by atoms with E-state index in [1.165, 1.54) is 4.68 Å². The van der Waals surface area contributed by atoms with E-state index in [2.05, 4.69) is 15.1 Å². The van der Waals surface area contributed by atoms with Crippen LogP contribution in [0.3, 0.4) is 0 Å². The highest BCUT2D eigenvalue weighted by Crippen LogP contribution is 2.37. The molecule has 5 aromatic rings. The molecule has 0 aliphatic rings. The third kappa shape index (κ3) is 6.09. The smallest absolute Gasteiger partial charge is 0.435 e. The minimum absolute atomic E-state index is 0.334.